The minimum atomic E-state index is -0.0150. The normalized spacial score (nSPS) is 30.4. The Balaban J connectivity index is 1.85. The maximum Gasteiger partial charge on any atom is 0.239 e. The molecule has 5 heteroatoms. The first kappa shape index (κ1) is 16.7. The van der Waals surface area contributed by atoms with Crippen molar-refractivity contribution in [2.24, 2.45) is 11.8 Å². The monoisotopic (exact) mass is 297 g/mol. The maximum atomic E-state index is 12.7. The molecule has 0 saturated carbocycles. The third kappa shape index (κ3) is 4.41. The molecule has 3 unspecified atom stereocenters. The number of carbonyl (C=O) groups is 1. The predicted molar refractivity (Wildman–Crippen MR) is 84.1 cm³/mol. The molecule has 2 heterocycles. The summed E-state index contributed by atoms with van der Waals surface area (Å²) in [4.78, 5) is 19.4. The van der Waals surface area contributed by atoms with Gasteiger partial charge in [-0.3, -0.25) is 14.6 Å². The number of piperidine rings is 1. The van der Waals surface area contributed by atoms with E-state index in [-0.39, 0.29) is 12.6 Å². The number of hydrogen-bond donors (Lipinski definition) is 1. The van der Waals surface area contributed by atoms with Crippen LogP contribution in [0.4, 0.5) is 0 Å². The van der Waals surface area contributed by atoms with Gasteiger partial charge in [0.15, 0.2) is 0 Å². The molecule has 1 amide bonds. The lowest BCUT2D eigenvalue weighted by Gasteiger charge is -2.41. The van der Waals surface area contributed by atoms with E-state index in [1.165, 1.54) is 6.42 Å². The largest absolute Gasteiger partial charge is 0.395 e. The average molecular weight is 297 g/mol. The second-order valence-corrected chi connectivity index (χ2v) is 6.97. The Hall–Kier alpha value is -0.650. The van der Waals surface area contributed by atoms with Crippen LogP contribution in [0.15, 0.2) is 0 Å². The summed E-state index contributed by atoms with van der Waals surface area (Å²) in [5.74, 6) is 1.53. The minimum absolute atomic E-state index is 0.0150. The van der Waals surface area contributed by atoms with Gasteiger partial charge in [0.2, 0.25) is 5.91 Å². The number of nitrogens with zero attached hydrogens (tertiary/aromatic N) is 3. The summed E-state index contributed by atoms with van der Waals surface area (Å²) in [6.45, 7) is 13.1. The Bertz CT molecular complexity index is 332. The van der Waals surface area contributed by atoms with Crippen molar-refractivity contribution in [3.05, 3.63) is 0 Å². The Labute approximate surface area is 128 Å². The lowest BCUT2D eigenvalue weighted by Crippen LogP contribution is -2.56. The van der Waals surface area contributed by atoms with Gasteiger partial charge in [-0.2, -0.15) is 0 Å². The number of aliphatic hydroxyl groups excluding tert-OH is 1. The SMILES string of the molecule is CC1CC(C)CN(C(=O)C(C)N2CCN(CCO)CC2)C1. The molecule has 0 spiro atoms. The summed E-state index contributed by atoms with van der Waals surface area (Å²) in [5, 5.41) is 8.99. The summed E-state index contributed by atoms with van der Waals surface area (Å²) in [6.07, 6.45) is 1.23. The van der Waals surface area contributed by atoms with Crippen molar-refractivity contribution < 1.29 is 9.90 Å². The molecule has 2 rings (SSSR count). The van der Waals surface area contributed by atoms with Crippen LogP contribution in [-0.2, 0) is 4.79 Å². The molecule has 0 aromatic carbocycles. The molecule has 1 N–H and O–H groups in total. The van der Waals surface area contributed by atoms with Crippen molar-refractivity contribution in [1.82, 2.24) is 14.7 Å². The topological polar surface area (TPSA) is 47.0 Å². The molecule has 0 bridgehead atoms. The number of carbonyl (C=O) groups excluding carboxylic acids is 1. The molecule has 2 fully saturated rings. The molecule has 2 aliphatic heterocycles. The Kier molecular flexibility index (Phi) is 6.02. The standard InChI is InChI=1S/C16H31N3O2/c1-13-10-14(2)12-19(11-13)16(21)15(3)18-6-4-17(5-7-18)8-9-20/h13-15,20H,4-12H2,1-3H3. The van der Waals surface area contributed by atoms with Crippen LogP contribution in [0, 0.1) is 11.8 Å². The molecule has 2 aliphatic rings. The highest BCUT2D eigenvalue weighted by molar-refractivity contribution is 5.81. The first-order valence-corrected chi connectivity index (χ1v) is 8.37. The maximum absolute atomic E-state index is 12.7. The van der Waals surface area contributed by atoms with Gasteiger partial charge in [0.05, 0.1) is 12.6 Å². The molecular formula is C16H31N3O2. The fourth-order valence-electron chi connectivity index (χ4n) is 3.78. The molecule has 122 valence electrons. The third-order valence-corrected chi connectivity index (χ3v) is 4.91. The number of rotatable bonds is 4. The smallest absolute Gasteiger partial charge is 0.239 e. The van der Waals surface area contributed by atoms with Crippen LogP contribution >= 0.6 is 0 Å². The number of amides is 1. The minimum Gasteiger partial charge on any atom is -0.395 e. The average Bonchev–Trinajstić information content (AvgIpc) is 2.46. The van der Waals surface area contributed by atoms with Crippen LogP contribution in [0.5, 0.6) is 0 Å². The molecule has 5 nitrogen and oxygen atoms in total. The van der Waals surface area contributed by atoms with Gasteiger partial charge in [0, 0.05) is 45.8 Å². The highest BCUT2D eigenvalue weighted by Crippen LogP contribution is 2.22. The van der Waals surface area contributed by atoms with Gasteiger partial charge in [0.25, 0.3) is 0 Å². The van der Waals surface area contributed by atoms with Crippen molar-refractivity contribution in [3.63, 3.8) is 0 Å². The van der Waals surface area contributed by atoms with E-state index in [2.05, 4.69) is 28.5 Å². The molecular weight excluding hydrogens is 266 g/mol. The Morgan fingerprint density at radius 3 is 2.24 bits per heavy atom. The highest BCUT2D eigenvalue weighted by Gasteiger charge is 2.32. The molecule has 0 radical (unpaired) electrons. The predicted octanol–water partition coefficient (Wildman–Crippen LogP) is 0.489. The molecule has 21 heavy (non-hydrogen) atoms. The molecule has 0 aromatic rings. The van der Waals surface area contributed by atoms with Crippen LogP contribution < -0.4 is 0 Å². The van der Waals surface area contributed by atoms with Crippen LogP contribution in [0.2, 0.25) is 0 Å². The summed E-state index contributed by atoms with van der Waals surface area (Å²) >= 11 is 0. The number of aliphatic hydroxyl groups is 1. The zero-order chi connectivity index (χ0) is 15.4. The van der Waals surface area contributed by atoms with E-state index in [9.17, 15) is 4.79 Å². The van der Waals surface area contributed by atoms with Gasteiger partial charge in [-0.05, 0) is 25.2 Å². The zero-order valence-corrected chi connectivity index (χ0v) is 13.8. The lowest BCUT2D eigenvalue weighted by atomic mass is 9.91. The first-order valence-electron chi connectivity index (χ1n) is 8.37. The van der Waals surface area contributed by atoms with E-state index < -0.39 is 0 Å². The Morgan fingerprint density at radius 1 is 1.14 bits per heavy atom. The van der Waals surface area contributed by atoms with Gasteiger partial charge in [-0.1, -0.05) is 13.8 Å². The van der Waals surface area contributed by atoms with E-state index >= 15 is 0 Å². The van der Waals surface area contributed by atoms with Crippen molar-refractivity contribution >= 4 is 5.91 Å². The molecule has 0 aliphatic carbocycles. The van der Waals surface area contributed by atoms with Crippen LogP contribution in [-0.4, -0.2) is 84.2 Å². The van der Waals surface area contributed by atoms with Crippen molar-refractivity contribution in [2.45, 2.75) is 33.2 Å². The van der Waals surface area contributed by atoms with E-state index in [1.807, 2.05) is 6.92 Å². The van der Waals surface area contributed by atoms with Gasteiger partial charge >= 0.3 is 0 Å². The van der Waals surface area contributed by atoms with E-state index in [1.54, 1.807) is 0 Å². The number of piperazine rings is 1. The molecule has 3 atom stereocenters. The van der Waals surface area contributed by atoms with Gasteiger partial charge in [-0.25, -0.2) is 0 Å². The molecule has 0 aromatic heterocycles. The van der Waals surface area contributed by atoms with Crippen molar-refractivity contribution in [3.8, 4) is 0 Å². The quantitative estimate of drug-likeness (QED) is 0.820. The third-order valence-electron chi connectivity index (χ3n) is 4.91. The van der Waals surface area contributed by atoms with E-state index in [0.29, 0.717) is 17.7 Å². The summed E-state index contributed by atoms with van der Waals surface area (Å²) < 4.78 is 0. The second-order valence-electron chi connectivity index (χ2n) is 6.97. The fraction of sp³-hybridized carbons (Fsp3) is 0.938. The highest BCUT2D eigenvalue weighted by atomic mass is 16.3. The number of likely N-dealkylation sites (tertiary alicyclic amines) is 1. The molecule has 2 saturated heterocycles. The summed E-state index contributed by atoms with van der Waals surface area (Å²) in [5.41, 5.74) is 0. The lowest BCUT2D eigenvalue weighted by molar-refractivity contribution is -0.139. The van der Waals surface area contributed by atoms with Crippen molar-refractivity contribution in [2.75, 3.05) is 52.4 Å². The van der Waals surface area contributed by atoms with E-state index in [4.69, 9.17) is 5.11 Å². The van der Waals surface area contributed by atoms with Crippen LogP contribution in [0.3, 0.4) is 0 Å². The summed E-state index contributed by atoms with van der Waals surface area (Å²) in [7, 11) is 0. The number of hydrogen-bond acceptors (Lipinski definition) is 4. The van der Waals surface area contributed by atoms with Gasteiger partial charge in [-0.15, -0.1) is 0 Å². The first-order chi connectivity index (χ1) is 10.0. The fourth-order valence-corrected chi connectivity index (χ4v) is 3.78. The van der Waals surface area contributed by atoms with E-state index in [0.717, 1.165) is 45.8 Å². The van der Waals surface area contributed by atoms with Crippen LogP contribution in [0.25, 0.3) is 0 Å². The van der Waals surface area contributed by atoms with Gasteiger partial charge < -0.3 is 10.0 Å². The van der Waals surface area contributed by atoms with Crippen molar-refractivity contribution in [1.29, 1.82) is 0 Å². The summed E-state index contributed by atoms with van der Waals surface area (Å²) in [6, 6.07) is -0.0150. The second kappa shape index (κ2) is 7.56. The zero-order valence-electron chi connectivity index (χ0n) is 13.8. The van der Waals surface area contributed by atoms with Gasteiger partial charge in [0.1, 0.15) is 0 Å². The number of β-amino-alcohol motifs (C(OH)–C–C–N with tert-alkyl or cyclic N) is 1. The Morgan fingerprint density at radius 2 is 1.71 bits per heavy atom. The van der Waals surface area contributed by atoms with Crippen LogP contribution in [0.1, 0.15) is 27.2 Å².